The summed E-state index contributed by atoms with van der Waals surface area (Å²) in [4.78, 5) is 23.7. The van der Waals surface area contributed by atoms with E-state index in [0.29, 0.717) is 5.52 Å². The summed E-state index contributed by atoms with van der Waals surface area (Å²) in [6.07, 6.45) is -0.875. The minimum atomic E-state index is -2.58. The summed E-state index contributed by atoms with van der Waals surface area (Å²) >= 11 is 1.24. The van der Waals surface area contributed by atoms with Crippen molar-refractivity contribution in [1.82, 2.24) is 19.5 Å². The number of hydrogen-bond acceptors (Lipinski definition) is 10. The van der Waals surface area contributed by atoms with Crippen LogP contribution in [0.2, 0.25) is 2.82 Å². The Labute approximate surface area is 163 Å². The number of carboxylic acids is 1. The molecule has 1 aliphatic heterocycles. The molecule has 7 N–H and O–H groups in total. The van der Waals surface area contributed by atoms with Crippen molar-refractivity contribution in [2.75, 3.05) is 17.7 Å². The maximum atomic E-state index is 11.7. The lowest BCUT2D eigenvalue weighted by Gasteiger charge is -2.24. The van der Waals surface area contributed by atoms with Gasteiger partial charge in [0.2, 0.25) is 0 Å². The average Bonchev–Trinajstić information content (AvgIpc) is 3.24. The van der Waals surface area contributed by atoms with Crippen molar-refractivity contribution in [3.05, 3.63) is 12.7 Å². The molecular formula is C15H22N6O5S. The highest BCUT2D eigenvalue weighted by Gasteiger charge is 2.45. The Bertz CT molecular complexity index is 922. The number of ether oxygens (including phenoxy) is 1. The quantitative estimate of drug-likeness (QED) is 0.358. The molecule has 2 aromatic heterocycles. The number of nitrogens with two attached hydrogens (primary N) is 2. The summed E-state index contributed by atoms with van der Waals surface area (Å²) in [5.74, 6) is -2.46. The van der Waals surface area contributed by atoms with Crippen molar-refractivity contribution in [1.29, 1.82) is 0 Å². The zero-order valence-electron chi connectivity index (χ0n) is 17.3. The Morgan fingerprint density at radius 3 is 2.93 bits per heavy atom. The molecule has 0 saturated carbocycles. The Kier molecular flexibility index (Phi) is 4.71. The standard InChI is InChI=1S/C15H22N6O5S/c1-27-3-6(8(16)15(24)25)2-7-10(22)11(23)14(26-7)21-5-20-9-12(17)18-4-19-13(9)21/h4-8,10-11,14,22-23H,2-3,16H2,1H3,(H,24,25)(H2,17,18,19)/t6?,7-,8+,10-,11-,14-/m1/s1/i8D/hD2. The van der Waals surface area contributed by atoms with Crippen LogP contribution in [0.15, 0.2) is 12.7 Å². The SMILES string of the molecule is [2H]N([2H])[C@]([2H])(C(=O)O)C(CSC)C[C@H]1O[C@@H](n2cnc3c(N)ncnc32)[C@H](O)[C@@H]1O. The molecule has 3 rings (SSSR count). The summed E-state index contributed by atoms with van der Waals surface area (Å²) in [7, 11) is 0. The third-order valence-electron chi connectivity index (χ3n) is 4.49. The minimum absolute atomic E-state index is 0.120. The molecule has 0 spiro atoms. The minimum Gasteiger partial charge on any atom is -0.480 e. The summed E-state index contributed by atoms with van der Waals surface area (Å²) in [5, 5.41) is 30.5. The molecule has 1 saturated heterocycles. The van der Waals surface area contributed by atoms with Crippen LogP contribution in [0.25, 0.3) is 11.2 Å². The van der Waals surface area contributed by atoms with Gasteiger partial charge in [-0.05, 0) is 24.3 Å². The first-order chi connectivity index (χ1) is 14.1. The van der Waals surface area contributed by atoms with Gasteiger partial charge in [-0.15, -0.1) is 0 Å². The number of carbonyl (C=O) groups is 1. The maximum Gasteiger partial charge on any atom is 0.320 e. The molecule has 0 aromatic carbocycles. The van der Waals surface area contributed by atoms with Crippen LogP contribution in [0, 0.1) is 5.92 Å². The number of aromatic nitrogens is 4. The predicted octanol–water partition coefficient (Wildman–Crippen LogP) is -1.19. The maximum absolute atomic E-state index is 11.7. The Morgan fingerprint density at radius 2 is 2.26 bits per heavy atom. The molecule has 11 nitrogen and oxygen atoms in total. The zero-order chi connectivity index (χ0) is 22.2. The first-order valence-corrected chi connectivity index (χ1v) is 9.47. The van der Waals surface area contributed by atoms with E-state index in [0.717, 1.165) is 0 Å². The van der Waals surface area contributed by atoms with Crippen molar-refractivity contribution < 1.29 is 29.0 Å². The Morgan fingerprint density at radius 1 is 1.48 bits per heavy atom. The smallest absolute Gasteiger partial charge is 0.320 e. The van der Waals surface area contributed by atoms with E-state index in [2.05, 4.69) is 15.0 Å². The van der Waals surface area contributed by atoms with E-state index in [1.54, 1.807) is 6.26 Å². The predicted molar refractivity (Wildman–Crippen MR) is 97.8 cm³/mol. The highest BCUT2D eigenvalue weighted by Crippen LogP contribution is 2.35. The molecule has 3 heterocycles. The molecule has 0 amide bonds. The van der Waals surface area contributed by atoms with Crippen LogP contribution >= 0.6 is 11.8 Å². The van der Waals surface area contributed by atoms with E-state index in [9.17, 15) is 20.1 Å². The highest BCUT2D eigenvalue weighted by atomic mass is 32.2. The molecular weight excluding hydrogens is 376 g/mol. The molecule has 0 radical (unpaired) electrons. The number of aliphatic hydroxyl groups is 2. The lowest BCUT2D eigenvalue weighted by Crippen LogP contribution is -2.42. The number of anilines is 1. The normalized spacial score (nSPS) is 30.6. The Hall–Kier alpha value is -1.99. The fourth-order valence-corrected chi connectivity index (χ4v) is 3.82. The number of nitrogen functional groups attached to an aromatic ring is 1. The van der Waals surface area contributed by atoms with Crippen LogP contribution in [-0.4, -0.2) is 77.1 Å². The number of carboxylic acid groups (broad SMARTS) is 1. The van der Waals surface area contributed by atoms with Crippen molar-refractivity contribution in [2.24, 2.45) is 11.6 Å². The summed E-state index contributed by atoms with van der Waals surface area (Å²) < 4.78 is 30.2. The highest BCUT2D eigenvalue weighted by molar-refractivity contribution is 7.98. The van der Waals surface area contributed by atoms with Gasteiger partial charge in [-0.25, -0.2) is 15.0 Å². The summed E-state index contributed by atoms with van der Waals surface area (Å²) in [5.41, 5.74) is 6.17. The van der Waals surface area contributed by atoms with Gasteiger partial charge in [-0.3, -0.25) is 9.36 Å². The van der Waals surface area contributed by atoms with Gasteiger partial charge in [0, 0.05) is 0 Å². The molecule has 148 valence electrons. The third kappa shape index (κ3) is 3.71. The molecule has 0 aliphatic carbocycles. The molecule has 27 heavy (non-hydrogen) atoms. The van der Waals surface area contributed by atoms with Crippen LogP contribution in [0.4, 0.5) is 5.82 Å². The summed E-state index contributed by atoms with van der Waals surface area (Å²) in [6.45, 7) is 0. The van der Waals surface area contributed by atoms with Crippen LogP contribution in [-0.2, 0) is 9.53 Å². The van der Waals surface area contributed by atoms with E-state index in [-0.39, 0.29) is 29.4 Å². The van der Waals surface area contributed by atoms with Gasteiger partial charge in [-0.2, -0.15) is 11.8 Å². The molecule has 2 aromatic rings. The lowest BCUT2D eigenvalue weighted by atomic mass is 9.93. The largest absolute Gasteiger partial charge is 0.480 e. The first kappa shape index (κ1) is 16.0. The number of aliphatic carboxylic acids is 1. The van der Waals surface area contributed by atoms with Gasteiger partial charge < -0.3 is 31.5 Å². The second-order valence-corrected chi connectivity index (χ2v) is 7.12. The van der Waals surface area contributed by atoms with E-state index >= 15 is 0 Å². The molecule has 1 fully saturated rings. The Balaban J connectivity index is 1.88. The number of rotatable bonds is 8. The van der Waals surface area contributed by atoms with Gasteiger partial charge >= 0.3 is 5.97 Å². The zero-order valence-corrected chi connectivity index (χ0v) is 15.2. The lowest BCUT2D eigenvalue weighted by molar-refractivity contribution is -0.140. The van der Waals surface area contributed by atoms with Gasteiger partial charge in [0.15, 0.2) is 17.7 Å². The number of hydrogen-bond donors (Lipinski definition) is 5. The van der Waals surface area contributed by atoms with Crippen molar-refractivity contribution >= 4 is 34.7 Å². The molecule has 12 heteroatoms. The third-order valence-corrected chi connectivity index (χ3v) is 5.22. The fraction of sp³-hybridized carbons (Fsp3) is 0.600. The van der Waals surface area contributed by atoms with Crippen LogP contribution in [0.3, 0.4) is 0 Å². The molecule has 1 unspecified atom stereocenters. The molecule has 0 bridgehead atoms. The van der Waals surface area contributed by atoms with Crippen LogP contribution in [0.1, 0.15) is 14.0 Å². The monoisotopic (exact) mass is 401 g/mol. The van der Waals surface area contributed by atoms with Gasteiger partial charge in [0.05, 0.1) is 13.8 Å². The molecule has 1 aliphatic rings. The number of imidazole rings is 1. The van der Waals surface area contributed by atoms with Crippen molar-refractivity contribution in [3.8, 4) is 0 Å². The average molecular weight is 401 g/mol. The fourth-order valence-electron chi connectivity index (χ4n) is 3.12. The van der Waals surface area contributed by atoms with E-state index in [1.807, 2.05) is 0 Å². The first-order valence-electron chi connectivity index (χ1n) is 9.47. The van der Waals surface area contributed by atoms with Gasteiger partial charge in [-0.1, -0.05) is 0 Å². The topological polar surface area (TPSA) is 183 Å². The number of nitrogens with zero attached hydrogens (tertiary/aromatic N) is 4. The summed E-state index contributed by atoms with van der Waals surface area (Å²) in [6, 6.07) is -2.58. The number of thioether (sulfide) groups is 1. The molecule has 6 atom stereocenters. The second-order valence-electron chi connectivity index (χ2n) is 6.21. The van der Waals surface area contributed by atoms with E-state index < -0.39 is 42.4 Å². The van der Waals surface area contributed by atoms with E-state index in [1.165, 1.54) is 29.0 Å². The van der Waals surface area contributed by atoms with Crippen LogP contribution in [0.5, 0.6) is 0 Å². The second kappa shape index (κ2) is 7.94. The number of aliphatic hydroxyl groups excluding tert-OH is 2. The van der Waals surface area contributed by atoms with Gasteiger partial charge in [0.1, 0.15) is 32.9 Å². The number of fused-ring (bicyclic) bond motifs is 1. The van der Waals surface area contributed by atoms with Gasteiger partial charge in [0.25, 0.3) is 0 Å². The van der Waals surface area contributed by atoms with Crippen LogP contribution < -0.4 is 11.5 Å². The van der Waals surface area contributed by atoms with E-state index in [4.69, 9.17) is 14.7 Å². The van der Waals surface area contributed by atoms with Crippen molar-refractivity contribution in [3.63, 3.8) is 0 Å². The van der Waals surface area contributed by atoms with Crippen molar-refractivity contribution in [2.45, 2.75) is 37.0 Å².